The van der Waals surface area contributed by atoms with Crippen LogP contribution in [-0.4, -0.2) is 23.5 Å². The molecule has 1 aliphatic carbocycles. The maximum atomic E-state index is 13.3. The van der Waals surface area contributed by atoms with Crippen LogP contribution >= 0.6 is 0 Å². The molecule has 0 amide bonds. The summed E-state index contributed by atoms with van der Waals surface area (Å²) in [6, 6.07) is 13.7. The summed E-state index contributed by atoms with van der Waals surface area (Å²) < 4.78 is 51.7. The average Bonchev–Trinajstić information content (AvgIpc) is 3.24. The van der Waals surface area contributed by atoms with Crippen molar-refractivity contribution >= 4 is 6.29 Å². The van der Waals surface area contributed by atoms with Crippen molar-refractivity contribution in [2.45, 2.75) is 29.7 Å². The third-order valence-corrected chi connectivity index (χ3v) is 6.84. The highest BCUT2D eigenvalue weighted by Crippen LogP contribution is 2.69. The summed E-state index contributed by atoms with van der Waals surface area (Å²) in [5, 5.41) is 12.3. The smallest absolute Gasteiger partial charge is 0.416 e. The van der Waals surface area contributed by atoms with Crippen LogP contribution in [-0.2, 0) is 22.2 Å². The van der Waals surface area contributed by atoms with Crippen molar-refractivity contribution in [3.8, 4) is 11.5 Å². The van der Waals surface area contributed by atoms with Gasteiger partial charge >= 0.3 is 6.18 Å². The molecule has 0 saturated heterocycles. The zero-order valence-corrected chi connectivity index (χ0v) is 17.5. The number of benzene rings is 2. The van der Waals surface area contributed by atoms with Gasteiger partial charge in [-0.2, -0.15) is 13.2 Å². The fraction of sp³-hybridized carbons (Fsp3) is 0.280. The summed E-state index contributed by atoms with van der Waals surface area (Å²) in [6.45, 7) is 0. The number of carbonyl (C=O) groups excluding carboxylic acids is 1. The van der Waals surface area contributed by atoms with Gasteiger partial charge in [-0.3, -0.25) is 4.98 Å². The fourth-order valence-electron chi connectivity index (χ4n) is 5.45. The normalized spacial score (nSPS) is 28.0. The maximum absolute atomic E-state index is 13.3. The molecule has 2 heterocycles. The third kappa shape index (κ3) is 2.83. The van der Waals surface area contributed by atoms with Crippen LogP contribution in [0.15, 0.2) is 67.0 Å². The quantitative estimate of drug-likeness (QED) is 0.583. The summed E-state index contributed by atoms with van der Waals surface area (Å²) in [7, 11) is 1.42. The lowest BCUT2D eigenvalue weighted by atomic mass is 9.70. The van der Waals surface area contributed by atoms with Gasteiger partial charge < -0.3 is 19.4 Å². The van der Waals surface area contributed by atoms with Crippen molar-refractivity contribution < 1.29 is 32.5 Å². The molecular formula is C25H20F3NO4. The minimum Gasteiger partial charge on any atom is -0.495 e. The molecular weight excluding hydrogens is 435 g/mol. The zero-order chi connectivity index (χ0) is 23.4. The number of hydrogen-bond donors (Lipinski definition) is 1. The lowest BCUT2D eigenvalue weighted by molar-refractivity contribution is -0.141. The molecule has 2 aromatic carbocycles. The standard InChI is InChI=1S/C25H20F3NO4/c1-32-20-12-29-13-21-22(20)23(31)18(14-30)11-19(15-5-3-2-4-6-15)24(23,33-21)16-7-9-17(10-8-16)25(26,27)28/h2-10,12-14,18-19,31H,11H2,1H3/t18?,19-,23+,24-/m0/s1. The highest BCUT2D eigenvalue weighted by Gasteiger charge is 2.73. The molecule has 33 heavy (non-hydrogen) atoms. The summed E-state index contributed by atoms with van der Waals surface area (Å²) in [6.07, 6.45) is -0.764. The Bertz CT molecular complexity index is 1200. The number of methoxy groups -OCH3 is 1. The van der Waals surface area contributed by atoms with Crippen molar-refractivity contribution in [3.05, 3.63) is 89.2 Å². The molecule has 3 aromatic rings. The molecule has 0 bridgehead atoms. The fourth-order valence-corrected chi connectivity index (χ4v) is 5.45. The Morgan fingerprint density at radius 1 is 1.12 bits per heavy atom. The first-order valence-electron chi connectivity index (χ1n) is 10.4. The van der Waals surface area contributed by atoms with Crippen LogP contribution in [0.5, 0.6) is 11.5 Å². The summed E-state index contributed by atoms with van der Waals surface area (Å²) >= 11 is 0. The second-order valence-corrected chi connectivity index (χ2v) is 8.34. The average molecular weight is 455 g/mol. The van der Waals surface area contributed by atoms with E-state index in [1.807, 2.05) is 30.3 Å². The Labute approximate surface area is 187 Å². The molecule has 5 rings (SSSR count). The van der Waals surface area contributed by atoms with Gasteiger partial charge in [-0.25, -0.2) is 0 Å². The van der Waals surface area contributed by atoms with Gasteiger partial charge in [0.05, 0.1) is 36.5 Å². The van der Waals surface area contributed by atoms with Gasteiger partial charge in [0.25, 0.3) is 0 Å². The molecule has 4 atom stereocenters. The van der Waals surface area contributed by atoms with E-state index >= 15 is 0 Å². The van der Waals surface area contributed by atoms with E-state index in [0.717, 1.165) is 17.7 Å². The van der Waals surface area contributed by atoms with Crippen molar-refractivity contribution in [2.24, 2.45) is 5.92 Å². The molecule has 1 aliphatic heterocycles. The number of rotatable bonds is 4. The van der Waals surface area contributed by atoms with Gasteiger partial charge in [0, 0.05) is 5.92 Å². The van der Waals surface area contributed by atoms with Gasteiger partial charge in [0.1, 0.15) is 17.8 Å². The van der Waals surface area contributed by atoms with E-state index in [-0.39, 0.29) is 23.5 Å². The Hall–Kier alpha value is -3.39. The predicted octanol–water partition coefficient (Wildman–Crippen LogP) is 4.59. The number of pyridine rings is 1. The summed E-state index contributed by atoms with van der Waals surface area (Å²) in [4.78, 5) is 16.4. The van der Waals surface area contributed by atoms with Gasteiger partial charge in [0.2, 0.25) is 0 Å². The van der Waals surface area contributed by atoms with Crippen molar-refractivity contribution in [1.29, 1.82) is 0 Å². The SMILES string of the molecule is COc1cncc2c1[C@]1(O)C(C=O)C[C@@H](c3ccccc3)[C@]1(c1ccc(C(F)(F)F)cc1)O2. The second-order valence-electron chi connectivity index (χ2n) is 8.34. The molecule has 8 heteroatoms. The van der Waals surface area contributed by atoms with Crippen molar-refractivity contribution in [2.75, 3.05) is 7.11 Å². The molecule has 1 unspecified atom stereocenters. The van der Waals surface area contributed by atoms with Crippen molar-refractivity contribution in [1.82, 2.24) is 4.98 Å². The van der Waals surface area contributed by atoms with Gasteiger partial charge in [0.15, 0.2) is 11.2 Å². The monoisotopic (exact) mass is 455 g/mol. The summed E-state index contributed by atoms with van der Waals surface area (Å²) in [5.41, 5.74) is -2.88. The lowest BCUT2D eigenvalue weighted by Crippen LogP contribution is -2.50. The Morgan fingerprint density at radius 3 is 2.42 bits per heavy atom. The third-order valence-electron chi connectivity index (χ3n) is 6.84. The largest absolute Gasteiger partial charge is 0.495 e. The lowest BCUT2D eigenvalue weighted by Gasteiger charge is -2.41. The van der Waals surface area contributed by atoms with Gasteiger partial charge in [-0.05, 0) is 29.7 Å². The second kappa shape index (κ2) is 7.31. The van der Waals surface area contributed by atoms with Crippen LogP contribution in [0.4, 0.5) is 13.2 Å². The molecule has 1 N–H and O–H groups in total. The van der Waals surface area contributed by atoms with Gasteiger partial charge in [-0.15, -0.1) is 0 Å². The van der Waals surface area contributed by atoms with Crippen LogP contribution in [0.3, 0.4) is 0 Å². The topological polar surface area (TPSA) is 68.7 Å². The molecule has 1 saturated carbocycles. The number of carbonyl (C=O) groups is 1. The minimum absolute atomic E-state index is 0.226. The molecule has 5 nitrogen and oxygen atoms in total. The highest BCUT2D eigenvalue weighted by atomic mass is 19.4. The van der Waals surface area contributed by atoms with Crippen LogP contribution < -0.4 is 9.47 Å². The van der Waals surface area contributed by atoms with Crippen molar-refractivity contribution in [3.63, 3.8) is 0 Å². The number of hydrogen-bond acceptors (Lipinski definition) is 5. The van der Waals surface area contributed by atoms with E-state index < -0.39 is 34.8 Å². The van der Waals surface area contributed by atoms with Crippen LogP contribution in [0, 0.1) is 5.92 Å². The Morgan fingerprint density at radius 2 is 1.82 bits per heavy atom. The molecule has 0 spiro atoms. The van der Waals surface area contributed by atoms with E-state index in [0.29, 0.717) is 11.8 Å². The van der Waals surface area contributed by atoms with E-state index in [9.17, 15) is 23.1 Å². The molecule has 170 valence electrons. The number of aldehydes is 1. The molecule has 1 fully saturated rings. The minimum atomic E-state index is -4.51. The number of nitrogens with zero attached hydrogens (tertiary/aromatic N) is 1. The predicted molar refractivity (Wildman–Crippen MR) is 112 cm³/mol. The maximum Gasteiger partial charge on any atom is 0.416 e. The number of alkyl halides is 3. The van der Waals surface area contributed by atoms with E-state index in [2.05, 4.69) is 4.98 Å². The Balaban J connectivity index is 1.80. The van der Waals surface area contributed by atoms with E-state index in [4.69, 9.17) is 9.47 Å². The molecule has 0 radical (unpaired) electrons. The molecule has 1 aromatic heterocycles. The first-order chi connectivity index (χ1) is 15.8. The van der Waals surface area contributed by atoms with E-state index in [1.165, 1.54) is 31.6 Å². The highest BCUT2D eigenvalue weighted by molar-refractivity contribution is 5.67. The number of aromatic nitrogens is 1. The number of ether oxygens (including phenoxy) is 2. The van der Waals surface area contributed by atoms with Crippen LogP contribution in [0.2, 0.25) is 0 Å². The summed E-state index contributed by atoms with van der Waals surface area (Å²) in [5.74, 6) is -0.969. The number of halogens is 3. The molecule has 2 aliphatic rings. The first-order valence-corrected chi connectivity index (χ1v) is 10.4. The van der Waals surface area contributed by atoms with Crippen LogP contribution in [0.25, 0.3) is 0 Å². The van der Waals surface area contributed by atoms with Crippen LogP contribution in [0.1, 0.15) is 34.6 Å². The number of fused-ring (bicyclic) bond motifs is 3. The Kier molecular flexibility index (Phi) is 4.75. The first kappa shape index (κ1) is 21.5. The van der Waals surface area contributed by atoms with E-state index in [1.54, 1.807) is 0 Å². The zero-order valence-electron chi connectivity index (χ0n) is 17.5. The van der Waals surface area contributed by atoms with Gasteiger partial charge in [-0.1, -0.05) is 42.5 Å². The number of aliphatic hydroxyl groups is 1.